The maximum absolute atomic E-state index is 5.78. The molecule has 18 heavy (non-hydrogen) atoms. The summed E-state index contributed by atoms with van der Waals surface area (Å²) in [5.41, 5.74) is 1.94. The molecule has 0 atom stereocenters. The molecule has 0 spiro atoms. The topological polar surface area (TPSA) is 26.0 Å². The van der Waals surface area contributed by atoms with E-state index in [1.165, 1.54) is 4.88 Å². The molecule has 3 heteroatoms. The number of fused-ring (bicyclic) bond motifs is 1. The molecule has 2 heterocycles. The third-order valence-electron chi connectivity index (χ3n) is 2.85. The molecule has 0 bridgehead atoms. The van der Waals surface area contributed by atoms with Gasteiger partial charge in [0.15, 0.2) is 5.58 Å². The smallest absolute Gasteiger partial charge is 0.237 e. The summed E-state index contributed by atoms with van der Waals surface area (Å²) in [5, 5.41) is 0. The van der Waals surface area contributed by atoms with Crippen molar-refractivity contribution in [1.29, 1.82) is 0 Å². The Kier molecular flexibility index (Phi) is 2.52. The fourth-order valence-corrected chi connectivity index (χ4v) is 2.82. The van der Waals surface area contributed by atoms with E-state index in [4.69, 9.17) is 4.42 Å². The first-order valence-corrected chi connectivity index (χ1v) is 6.82. The second-order valence-electron chi connectivity index (χ2n) is 5.40. The molecule has 2 aromatic heterocycles. The van der Waals surface area contributed by atoms with E-state index in [0.717, 1.165) is 21.9 Å². The van der Waals surface area contributed by atoms with Crippen LogP contribution in [0.1, 0.15) is 25.6 Å². The van der Waals surface area contributed by atoms with Crippen molar-refractivity contribution in [3.05, 3.63) is 41.3 Å². The zero-order valence-electron chi connectivity index (χ0n) is 10.7. The predicted molar refractivity (Wildman–Crippen MR) is 76.0 cm³/mol. The number of hydrogen-bond donors (Lipinski definition) is 0. The number of nitrogens with zero attached hydrogens (tertiary/aromatic N) is 1. The summed E-state index contributed by atoms with van der Waals surface area (Å²) < 4.78 is 5.78. The second-order valence-corrected chi connectivity index (χ2v) is 6.48. The van der Waals surface area contributed by atoms with Crippen molar-refractivity contribution in [2.24, 2.45) is 0 Å². The third kappa shape index (κ3) is 1.95. The van der Waals surface area contributed by atoms with Crippen LogP contribution in [0.4, 0.5) is 0 Å². The Morgan fingerprint density at radius 3 is 2.50 bits per heavy atom. The molecule has 0 amide bonds. The van der Waals surface area contributed by atoms with Crippen molar-refractivity contribution in [2.75, 3.05) is 0 Å². The highest BCUT2D eigenvalue weighted by Crippen LogP contribution is 2.35. The second kappa shape index (κ2) is 3.95. The van der Waals surface area contributed by atoms with Crippen LogP contribution in [-0.4, -0.2) is 4.98 Å². The largest absolute Gasteiger partial charge is 0.435 e. The monoisotopic (exact) mass is 257 g/mol. The lowest BCUT2D eigenvalue weighted by Crippen LogP contribution is -2.07. The van der Waals surface area contributed by atoms with Crippen LogP contribution in [0.5, 0.6) is 0 Å². The van der Waals surface area contributed by atoms with E-state index in [1.54, 1.807) is 11.3 Å². The summed E-state index contributed by atoms with van der Waals surface area (Å²) >= 11 is 1.75. The summed E-state index contributed by atoms with van der Waals surface area (Å²) in [6.45, 7) is 6.65. The van der Waals surface area contributed by atoms with Gasteiger partial charge in [0, 0.05) is 4.88 Å². The van der Waals surface area contributed by atoms with E-state index in [0.29, 0.717) is 0 Å². The standard InChI is InChI=1S/C15H15NOS/c1-15(2,3)13-9-8-12(18-13)14-16-10-6-4-5-7-11(10)17-14/h4-9H,1-3H3. The van der Waals surface area contributed by atoms with Gasteiger partial charge in [-0.25, -0.2) is 4.98 Å². The first kappa shape index (κ1) is 11.5. The minimum Gasteiger partial charge on any atom is -0.435 e. The number of oxazole rings is 1. The molecular weight excluding hydrogens is 242 g/mol. The number of para-hydroxylation sites is 2. The molecule has 92 valence electrons. The van der Waals surface area contributed by atoms with Gasteiger partial charge >= 0.3 is 0 Å². The van der Waals surface area contributed by atoms with Gasteiger partial charge in [0.25, 0.3) is 0 Å². The van der Waals surface area contributed by atoms with Crippen LogP contribution in [0, 0.1) is 0 Å². The first-order chi connectivity index (χ1) is 8.54. The van der Waals surface area contributed by atoms with Crippen LogP contribution in [0.25, 0.3) is 21.9 Å². The summed E-state index contributed by atoms with van der Waals surface area (Å²) in [6, 6.07) is 12.1. The van der Waals surface area contributed by atoms with Crippen LogP contribution < -0.4 is 0 Å². The quantitative estimate of drug-likeness (QED) is 0.622. The molecule has 0 radical (unpaired) electrons. The minimum atomic E-state index is 0.176. The van der Waals surface area contributed by atoms with Gasteiger partial charge < -0.3 is 4.42 Å². The predicted octanol–water partition coefficient (Wildman–Crippen LogP) is 4.85. The van der Waals surface area contributed by atoms with Crippen molar-refractivity contribution in [2.45, 2.75) is 26.2 Å². The zero-order chi connectivity index (χ0) is 12.8. The Bertz CT molecular complexity index is 655. The zero-order valence-corrected chi connectivity index (χ0v) is 11.5. The van der Waals surface area contributed by atoms with Crippen LogP contribution in [0.3, 0.4) is 0 Å². The normalized spacial score (nSPS) is 12.2. The molecule has 0 unspecified atom stereocenters. The lowest BCUT2D eigenvalue weighted by molar-refractivity contribution is 0.604. The van der Waals surface area contributed by atoms with Gasteiger partial charge in [-0.3, -0.25) is 0 Å². The van der Waals surface area contributed by atoms with E-state index in [2.05, 4.69) is 37.9 Å². The van der Waals surface area contributed by atoms with E-state index in [1.807, 2.05) is 24.3 Å². The molecule has 3 aromatic rings. The van der Waals surface area contributed by atoms with Crippen molar-refractivity contribution >= 4 is 22.4 Å². The Balaban J connectivity index is 2.06. The Morgan fingerprint density at radius 1 is 1.06 bits per heavy atom. The number of rotatable bonds is 1. The van der Waals surface area contributed by atoms with Crippen LogP contribution >= 0.6 is 11.3 Å². The van der Waals surface area contributed by atoms with Crippen LogP contribution in [-0.2, 0) is 5.41 Å². The van der Waals surface area contributed by atoms with Gasteiger partial charge in [0.1, 0.15) is 5.52 Å². The maximum atomic E-state index is 5.78. The molecule has 0 aliphatic carbocycles. The highest BCUT2D eigenvalue weighted by Gasteiger charge is 2.18. The Morgan fingerprint density at radius 2 is 1.83 bits per heavy atom. The fraction of sp³-hybridized carbons (Fsp3) is 0.267. The fourth-order valence-electron chi connectivity index (χ4n) is 1.83. The van der Waals surface area contributed by atoms with E-state index < -0.39 is 0 Å². The van der Waals surface area contributed by atoms with Gasteiger partial charge in [-0.2, -0.15) is 0 Å². The van der Waals surface area contributed by atoms with Crippen molar-refractivity contribution in [3.63, 3.8) is 0 Å². The molecule has 0 aliphatic rings. The van der Waals surface area contributed by atoms with E-state index in [-0.39, 0.29) is 5.41 Å². The molecule has 0 saturated carbocycles. The third-order valence-corrected chi connectivity index (χ3v) is 4.35. The summed E-state index contributed by atoms with van der Waals surface area (Å²) in [7, 11) is 0. The van der Waals surface area contributed by atoms with E-state index in [9.17, 15) is 0 Å². The number of hydrogen-bond acceptors (Lipinski definition) is 3. The van der Waals surface area contributed by atoms with Gasteiger partial charge in [-0.15, -0.1) is 11.3 Å². The average molecular weight is 257 g/mol. The van der Waals surface area contributed by atoms with Gasteiger partial charge in [-0.05, 0) is 29.7 Å². The summed E-state index contributed by atoms with van der Waals surface area (Å²) in [4.78, 5) is 6.96. The molecule has 2 nitrogen and oxygen atoms in total. The van der Waals surface area contributed by atoms with Gasteiger partial charge in [0.2, 0.25) is 5.89 Å². The highest BCUT2D eigenvalue weighted by atomic mass is 32.1. The average Bonchev–Trinajstić information content (AvgIpc) is 2.94. The molecule has 0 saturated heterocycles. The SMILES string of the molecule is CC(C)(C)c1ccc(-c2nc3ccccc3o2)s1. The van der Waals surface area contributed by atoms with Gasteiger partial charge in [0.05, 0.1) is 4.88 Å². The Hall–Kier alpha value is -1.61. The molecule has 0 fully saturated rings. The van der Waals surface area contributed by atoms with Crippen LogP contribution in [0.15, 0.2) is 40.8 Å². The number of benzene rings is 1. The maximum Gasteiger partial charge on any atom is 0.237 e. The number of aromatic nitrogens is 1. The molecular formula is C15H15NOS. The van der Waals surface area contributed by atoms with Crippen molar-refractivity contribution < 1.29 is 4.42 Å². The van der Waals surface area contributed by atoms with Crippen molar-refractivity contribution in [1.82, 2.24) is 4.98 Å². The molecule has 0 N–H and O–H groups in total. The lowest BCUT2D eigenvalue weighted by atomic mass is 9.95. The highest BCUT2D eigenvalue weighted by molar-refractivity contribution is 7.15. The lowest BCUT2D eigenvalue weighted by Gasteiger charge is -2.15. The van der Waals surface area contributed by atoms with Crippen LogP contribution in [0.2, 0.25) is 0 Å². The molecule has 0 aliphatic heterocycles. The summed E-state index contributed by atoms with van der Waals surface area (Å²) in [6.07, 6.45) is 0. The summed E-state index contributed by atoms with van der Waals surface area (Å²) in [5.74, 6) is 0.719. The first-order valence-electron chi connectivity index (χ1n) is 6.00. The van der Waals surface area contributed by atoms with Crippen molar-refractivity contribution in [3.8, 4) is 10.8 Å². The Labute approximate surface area is 110 Å². The van der Waals surface area contributed by atoms with E-state index >= 15 is 0 Å². The number of thiophene rings is 1. The van der Waals surface area contributed by atoms with Gasteiger partial charge in [-0.1, -0.05) is 32.9 Å². The molecule has 3 rings (SSSR count). The minimum absolute atomic E-state index is 0.176. The molecule has 1 aromatic carbocycles.